The molecular formula is C63H76N8O15S3. The summed E-state index contributed by atoms with van der Waals surface area (Å²) in [5.41, 5.74) is 3.01. The number of fused-ring (bicyclic) bond motifs is 11. The van der Waals surface area contributed by atoms with Crippen molar-refractivity contribution in [1.29, 1.82) is 5.26 Å². The van der Waals surface area contributed by atoms with Crippen LogP contribution in [0.3, 0.4) is 0 Å². The van der Waals surface area contributed by atoms with E-state index in [0.717, 1.165) is 53.9 Å². The van der Waals surface area contributed by atoms with Crippen LogP contribution < -0.4 is 59.7 Å². The first-order valence-corrected chi connectivity index (χ1v) is 33.9. The number of hydrogen-bond donors (Lipinski definition) is 5. The van der Waals surface area contributed by atoms with E-state index in [-0.39, 0.29) is 96.0 Å². The monoisotopic (exact) mass is 1280 g/mol. The number of hydrogen-bond acceptors (Lipinski definition) is 22. The molecule has 1 spiro atoms. The van der Waals surface area contributed by atoms with E-state index in [2.05, 4.69) is 48.5 Å². The molecule has 11 heterocycles. The molecule has 14 rings (SSSR count). The normalized spacial score (nSPS) is 30.2. The standard InChI is InChI=1S/C63H76N8O15S3/c1-29-19-32-20-36-37(23-64)71-38-24-80-58(74)63(33-22-39(78-7)40(21-31(33)17-18-65-63)83-61(77)86-62(3,4)5)27-89-57(47-46(38)55-54(81-28-82-55)30(2)53(47)84-43(72)15-11-9-13-41-48-34(25-87-41)66-59(75)68-48)51(71)50(70(36)6)45(32)56(52(29)79-8)85-44(73)16-12-10-14-42-49-35(26-88-42)67-60(76)69-49/h19,21-22,34-38,41-42,48-51,57,65H,9-18,20,24-28H2,1-8H3,(H2,66,68,75)(H2,67,69,76)/t34?,35?,36-,37+,38+,41?,42?,48?,49?,50+,51?,57-,63-/m1/s1. The van der Waals surface area contributed by atoms with E-state index in [1.165, 1.54) is 18.9 Å². The van der Waals surface area contributed by atoms with E-state index in [9.17, 15) is 29.2 Å². The molecule has 4 bridgehead atoms. The third-order valence-electron chi connectivity index (χ3n) is 19.3. The van der Waals surface area contributed by atoms with Gasteiger partial charge in [-0.15, -0.1) is 11.8 Å². The van der Waals surface area contributed by atoms with Gasteiger partial charge in [0.2, 0.25) is 6.79 Å². The average molecular weight is 1280 g/mol. The molecule has 6 saturated heterocycles. The molecule has 23 nitrogen and oxygen atoms in total. The van der Waals surface area contributed by atoms with Crippen LogP contribution >= 0.6 is 35.3 Å². The number of unbranched alkanes of at least 4 members (excludes halogenated alkanes) is 2. The summed E-state index contributed by atoms with van der Waals surface area (Å²) < 4.78 is 56.4. The number of rotatable bonds is 15. The van der Waals surface area contributed by atoms with Gasteiger partial charge in [0.1, 0.15) is 24.0 Å². The van der Waals surface area contributed by atoms with E-state index in [0.29, 0.717) is 83.0 Å². The topological polar surface area (TPSA) is 276 Å². The van der Waals surface area contributed by atoms with Crippen molar-refractivity contribution in [3.8, 4) is 46.3 Å². The summed E-state index contributed by atoms with van der Waals surface area (Å²) in [5, 5.41) is 27.2. The second kappa shape index (κ2) is 24.3. The predicted molar refractivity (Wildman–Crippen MR) is 329 cm³/mol. The van der Waals surface area contributed by atoms with Crippen LogP contribution in [0, 0.1) is 25.2 Å². The summed E-state index contributed by atoms with van der Waals surface area (Å²) >= 11 is 5.10. The van der Waals surface area contributed by atoms with Crippen LogP contribution in [0.5, 0.6) is 40.2 Å². The fourth-order valence-electron chi connectivity index (χ4n) is 15.4. The summed E-state index contributed by atoms with van der Waals surface area (Å²) in [5.74, 6) is 2.29. The van der Waals surface area contributed by atoms with Gasteiger partial charge >= 0.3 is 36.1 Å². The minimum atomic E-state index is -1.54. The molecule has 4 amide bonds. The molecule has 0 radical (unpaired) electrons. The highest BCUT2D eigenvalue weighted by Crippen LogP contribution is 2.65. The zero-order valence-electron chi connectivity index (χ0n) is 51.2. The number of thioether (sulfide) groups is 3. The average Bonchev–Trinajstić information content (AvgIpc) is 1.53. The van der Waals surface area contributed by atoms with Gasteiger partial charge in [-0.2, -0.15) is 28.8 Å². The highest BCUT2D eigenvalue weighted by Gasteiger charge is 2.62. The fraction of sp³-hybridized carbons (Fsp3) is 0.603. The van der Waals surface area contributed by atoms with Crippen LogP contribution in [-0.2, 0) is 42.2 Å². The summed E-state index contributed by atoms with van der Waals surface area (Å²) in [7, 11) is 5.02. The number of nitriles is 1. The van der Waals surface area contributed by atoms with Gasteiger partial charge in [0, 0.05) is 81.5 Å². The zero-order chi connectivity index (χ0) is 62.4. The van der Waals surface area contributed by atoms with Crippen LogP contribution in [0.1, 0.15) is 134 Å². The highest BCUT2D eigenvalue weighted by molar-refractivity contribution is 8.00. The Kier molecular flexibility index (Phi) is 16.7. The molecule has 5 N–H and O–H groups in total. The highest BCUT2D eigenvalue weighted by atomic mass is 32.2. The molecular weight excluding hydrogens is 1200 g/mol. The first-order valence-electron chi connectivity index (χ1n) is 30.8. The van der Waals surface area contributed by atoms with Gasteiger partial charge < -0.3 is 63.9 Å². The van der Waals surface area contributed by atoms with Crippen molar-refractivity contribution in [3.05, 3.63) is 62.7 Å². The Balaban J connectivity index is 0.902. The first-order chi connectivity index (χ1) is 42.8. The molecule has 26 heteroatoms. The second-order valence-corrected chi connectivity index (χ2v) is 29.4. The smallest absolute Gasteiger partial charge is 0.493 e. The minimum absolute atomic E-state index is 0.0257. The number of amides is 4. The Morgan fingerprint density at radius 2 is 1.43 bits per heavy atom. The Morgan fingerprint density at radius 3 is 2.07 bits per heavy atom. The first kappa shape index (κ1) is 61.4. The van der Waals surface area contributed by atoms with Crippen LogP contribution in [0.15, 0.2) is 18.2 Å². The molecule has 3 aromatic carbocycles. The van der Waals surface area contributed by atoms with E-state index >= 15 is 4.79 Å². The lowest BCUT2D eigenvalue weighted by molar-refractivity contribution is -0.157. The quantitative estimate of drug-likeness (QED) is 0.0330. The summed E-state index contributed by atoms with van der Waals surface area (Å²) in [4.78, 5) is 86.6. The lowest BCUT2D eigenvalue weighted by Gasteiger charge is -2.62. The Bertz CT molecular complexity index is 3450. The van der Waals surface area contributed by atoms with Gasteiger partial charge in [-0.1, -0.05) is 18.9 Å². The van der Waals surface area contributed by atoms with Gasteiger partial charge in [-0.3, -0.25) is 24.7 Å². The van der Waals surface area contributed by atoms with Crippen molar-refractivity contribution in [1.82, 2.24) is 36.4 Å². The lowest BCUT2D eigenvalue weighted by Crippen LogP contribution is -2.69. The third kappa shape index (κ3) is 11.0. The molecule has 7 unspecified atom stereocenters. The molecule has 476 valence electrons. The Morgan fingerprint density at radius 1 is 0.764 bits per heavy atom. The number of nitrogens with one attached hydrogen (secondary N) is 5. The Labute approximate surface area is 529 Å². The molecule has 89 heavy (non-hydrogen) atoms. The van der Waals surface area contributed by atoms with Crippen LogP contribution in [0.25, 0.3) is 0 Å². The number of urea groups is 2. The van der Waals surface area contributed by atoms with Crippen LogP contribution in [0.2, 0.25) is 0 Å². The second-order valence-electron chi connectivity index (χ2n) is 25.7. The summed E-state index contributed by atoms with van der Waals surface area (Å²) in [6.45, 7) is 8.90. The number of ether oxygens (including phenoxy) is 9. The maximum atomic E-state index is 15.6. The van der Waals surface area contributed by atoms with Gasteiger partial charge in [0.15, 0.2) is 40.0 Å². The largest absolute Gasteiger partial charge is 0.514 e. The Hall–Kier alpha value is -6.50. The van der Waals surface area contributed by atoms with Crippen molar-refractivity contribution in [3.63, 3.8) is 0 Å². The number of carbonyl (C=O) groups is 6. The van der Waals surface area contributed by atoms with E-state index in [4.69, 9.17) is 42.6 Å². The van der Waals surface area contributed by atoms with Gasteiger partial charge in [0.25, 0.3) is 0 Å². The summed E-state index contributed by atoms with van der Waals surface area (Å²) in [6, 6.07) is 4.72. The van der Waals surface area contributed by atoms with Gasteiger partial charge in [0.05, 0.1) is 61.8 Å². The SMILES string of the molecule is COc1cc2c(cc1OC(=O)OC(C)(C)C)CCN[C@]21CS[C@@H]2c3c(OC(=O)CCCCC4SCC5NC(=O)NC54)c(C)c4c(c3[C@H](COC1=O)N1C2[C@@H]2c3c(cc(C)c(OC)c3OC(=O)CCCCC3SCC5NC(=O)NC53)C[C@H]([C@@H]1C#N)N2C)OCO4. The van der Waals surface area contributed by atoms with Crippen molar-refractivity contribution < 1.29 is 71.4 Å². The van der Waals surface area contributed by atoms with Crippen molar-refractivity contribution in [2.24, 2.45) is 0 Å². The lowest BCUT2D eigenvalue weighted by atomic mass is 9.71. The number of methoxy groups -OCH3 is 2. The molecule has 11 aliphatic rings. The van der Waals surface area contributed by atoms with Crippen molar-refractivity contribution >= 4 is 71.4 Å². The number of benzene rings is 3. The number of esters is 3. The maximum absolute atomic E-state index is 15.6. The maximum Gasteiger partial charge on any atom is 0.514 e. The van der Waals surface area contributed by atoms with Gasteiger partial charge in [-0.25, -0.2) is 19.2 Å². The van der Waals surface area contributed by atoms with Crippen LogP contribution in [-0.4, -0.2) is 163 Å². The molecule has 0 aromatic heterocycles. The number of nitrogens with zero attached hydrogens (tertiary/aromatic N) is 3. The molecule has 0 saturated carbocycles. The molecule has 3 aromatic rings. The van der Waals surface area contributed by atoms with E-state index in [1.807, 2.05) is 44.4 Å². The van der Waals surface area contributed by atoms with Crippen molar-refractivity contribution in [2.75, 3.05) is 58.5 Å². The van der Waals surface area contributed by atoms with E-state index < -0.39 is 70.7 Å². The number of carbonyl (C=O) groups excluding carboxylic acids is 6. The summed E-state index contributed by atoms with van der Waals surface area (Å²) in [6.07, 6.45) is 4.34. The predicted octanol–water partition coefficient (Wildman–Crippen LogP) is 7.23. The minimum Gasteiger partial charge on any atom is -0.493 e. The molecule has 6 fully saturated rings. The number of piperazine rings is 1. The van der Waals surface area contributed by atoms with Crippen LogP contribution in [0.4, 0.5) is 14.4 Å². The molecule has 0 aliphatic carbocycles. The number of likely N-dealkylation sites (N-methyl/N-ethyl adjacent to an activating group) is 1. The van der Waals surface area contributed by atoms with Crippen molar-refractivity contribution in [2.45, 2.75) is 180 Å². The van der Waals surface area contributed by atoms with Gasteiger partial charge in [-0.05, 0) is 115 Å². The molecule has 11 aliphatic heterocycles. The molecule has 13 atom stereocenters. The fourth-order valence-corrected chi connectivity index (χ4v) is 20.2. The van der Waals surface area contributed by atoms with E-state index in [1.54, 1.807) is 40.0 Å². The third-order valence-corrected chi connectivity index (χ3v) is 23.8. The zero-order valence-corrected chi connectivity index (χ0v) is 53.6. The number of aryl methyl sites for hydroxylation is 1.